The third-order valence-corrected chi connectivity index (χ3v) is 5.93. The Labute approximate surface area is 164 Å². The molecule has 0 aliphatic heterocycles. The number of fused-ring (bicyclic) bond motifs is 1. The molecule has 3 rings (SSSR count). The quantitative estimate of drug-likeness (QED) is 0.591. The van der Waals surface area contributed by atoms with E-state index in [0.717, 1.165) is 29.5 Å². The van der Waals surface area contributed by atoms with Crippen LogP contribution in [-0.2, 0) is 18.3 Å². The Kier molecular flexibility index (Phi) is 5.72. The van der Waals surface area contributed by atoms with E-state index < -0.39 is 8.38 Å². The standard InChI is InChI=1S/C19H21Cl2O4P/c1-19(2)6-5-13-11(3-4-17(22)18(13)19)7-14-15(20)8-12(9-16(14)21)25-10-26(23)24/h3-4,8-9,22-24H,5-7,10H2,1-2H3. The number of rotatable bonds is 5. The number of halogens is 2. The average molecular weight is 415 g/mol. The SMILES string of the molecule is CC1(C)CCc2c(Cc3c(Cl)cc(OCP(O)O)cc3Cl)ccc(O)c21. The van der Waals surface area contributed by atoms with Crippen LogP contribution in [0.25, 0.3) is 0 Å². The van der Waals surface area contributed by atoms with Gasteiger partial charge in [-0.05, 0) is 53.1 Å². The molecular weight excluding hydrogens is 394 g/mol. The predicted octanol–water partition coefficient (Wildman–Crippen LogP) is 5.15. The first-order valence-electron chi connectivity index (χ1n) is 8.29. The Bertz CT molecular complexity index is 814. The molecule has 3 N–H and O–H groups in total. The highest BCUT2D eigenvalue weighted by Crippen LogP contribution is 2.45. The smallest absolute Gasteiger partial charge is 0.205 e. The number of hydrogen-bond acceptors (Lipinski definition) is 4. The summed E-state index contributed by atoms with van der Waals surface area (Å²) in [6.45, 7) is 4.29. The molecule has 0 aromatic heterocycles. The minimum Gasteiger partial charge on any atom is -0.508 e. The molecule has 0 saturated heterocycles. The fraction of sp³-hybridized carbons (Fsp3) is 0.368. The lowest BCUT2D eigenvalue weighted by atomic mass is 9.85. The summed E-state index contributed by atoms with van der Waals surface area (Å²) in [5.41, 5.74) is 4.03. The van der Waals surface area contributed by atoms with Gasteiger partial charge in [-0.15, -0.1) is 0 Å². The van der Waals surface area contributed by atoms with Gasteiger partial charge in [-0.25, -0.2) is 0 Å². The zero-order chi connectivity index (χ0) is 19.1. The zero-order valence-electron chi connectivity index (χ0n) is 14.6. The first-order chi connectivity index (χ1) is 12.2. The highest BCUT2D eigenvalue weighted by atomic mass is 35.5. The third kappa shape index (κ3) is 3.95. The number of ether oxygens (including phenoxy) is 1. The van der Waals surface area contributed by atoms with E-state index in [1.807, 2.05) is 6.07 Å². The molecule has 1 aliphatic rings. The molecule has 7 heteroatoms. The van der Waals surface area contributed by atoms with Crippen molar-refractivity contribution in [2.24, 2.45) is 0 Å². The molecule has 0 fully saturated rings. The highest BCUT2D eigenvalue weighted by Gasteiger charge is 2.34. The van der Waals surface area contributed by atoms with Gasteiger partial charge in [0.05, 0.1) is 0 Å². The van der Waals surface area contributed by atoms with Crippen LogP contribution in [-0.4, -0.2) is 21.2 Å². The summed E-state index contributed by atoms with van der Waals surface area (Å²) in [5, 5.41) is 11.2. The maximum absolute atomic E-state index is 10.3. The maximum Gasteiger partial charge on any atom is 0.205 e. The molecule has 2 aromatic rings. The van der Waals surface area contributed by atoms with Crippen LogP contribution in [0.5, 0.6) is 11.5 Å². The molecule has 0 bridgehead atoms. The minimum absolute atomic E-state index is 0.0480. The summed E-state index contributed by atoms with van der Waals surface area (Å²) < 4.78 is 5.28. The van der Waals surface area contributed by atoms with Crippen LogP contribution in [0.3, 0.4) is 0 Å². The summed E-state index contributed by atoms with van der Waals surface area (Å²) in [6.07, 6.45) is 2.27. The molecule has 0 saturated carbocycles. The zero-order valence-corrected chi connectivity index (χ0v) is 17.0. The molecule has 1 aliphatic carbocycles. The van der Waals surface area contributed by atoms with Gasteiger partial charge in [-0.3, -0.25) is 0 Å². The van der Waals surface area contributed by atoms with E-state index in [1.54, 1.807) is 18.2 Å². The van der Waals surface area contributed by atoms with Gasteiger partial charge in [-0.1, -0.05) is 43.1 Å². The van der Waals surface area contributed by atoms with Gasteiger partial charge in [0.25, 0.3) is 0 Å². The molecule has 26 heavy (non-hydrogen) atoms. The van der Waals surface area contributed by atoms with Crippen LogP contribution in [0.1, 0.15) is 42.5 Å². The Hall–Kier alpha value is -1.03. The van der Waals surface area contributed by atoms with E-state index >= 15 is 0 Å². The van der Waals surface area contributed by atoms with Gasteiger partial charge in [0, 0.05) is 22.0 Å². The summed E-state index contributed by atoms with van der Waals surface area (Å²) in [7, 11) is -2.14. The van der Waals surface area contributed by atoms with Crippen molar-refractivity contribution in [1.82, 2.24) is 0 Å². The van der Waals surface area contributed by atoms with Crippen molar-refractivity contribution in [2.75, 3.05) is 6.35 Å². The van der Waals surface area contributed by atoms with Crippen molar-refractivity contribution in [2.45, 2.75) is 38.5 Å². The van der Waals surface area contributed by atoms with E-state index in [0.29, 0.717) is 28.0 Å². The lowest BCUT2D eigenvalue weighted by Crippen LogP contribution is -2.12. The molecule has 0 unspecified atom stereocenters. The van der Waals surface area contributed by atoms with Crippen LogP contribution < -0.4 is 4.74 Å². The second kappa shape index (κ2) is 7.53. The van der Waals surface area contributed by atoms with Gasteiger partial charge in [0.1, 0.15) is 11.5 Å². The van der Waals surface area contributed by atoms with E-state index in [9.17, 15) is 5.11 Å². The van der Waals surface area contributed by atoms with Crippen LogP contribution in [0.15, 0.2) is 24.3 Å². The third-order valence-electron chi connectivity index (χ3n) is 4.89. The topological polar surface area (TPSA) is 69.9 Å². The average Bonchev–Trinajstić information content (AvgIpc) is 2.87. The van der Waals surface area contributed by atoms with Crippen LogP contribution in [0, 0.1) is 0 Å². The number of aromatic hydroxyl groups is 1. The molecule has 0 amide bonds. The first kappa shape index (κ1) is 19.7. The molecule has 140 valence electrons. The lowest BCUT2D eigenvalue weighted by Gasteiger charge is -2.21. The van der Waals surface area contributed by atoms with Crippen molar-refractivity contribution < 1.29 is 19.6 Å². The molecule has 0 atom stereocenters. The Morgan fingerprint density at radius 1 is 1.15 bits per heavy atom. The van der Waals surface area contributed by atoms with Gasteiger partial charge in [-0.2, -0.15) is 0 Å². The van der Waals surface area contributed by atoms with Crippen LogP contribution >= 0.6 is 31.6 Å². The van der Waals surface area contributed by atoms with Crippen LogP contribution in [0.4, 0.5) is 0 Å². The van der Waals surface area contributed by atoms with Gasteiger partial charge in [0.2, 0.25) is 8.38 Å². The summed E-state index contributed by atoms with van der Waals surface area (Å²) in [6, 6.07) is 6.93. The summed E-state index contributed by atoms with van der Waals surface area (Å²) in [4.78, 5) is 17.9. The molecule has 0 spiro atoms. The predicted molar refractivity (Wildman–Crippen MR) is 106 cm³/mol. The number of phenolic OH excluding ortho intramolecular Hbond substituents is 1. The molecular formula is C19H21Cl2O4P. The Balaban J connectivity index is 1.92. The van der Waals surface area contributed by atoms with Gasteiger partial charge >= 0.3 is 0 Å². The van der Waals surface area contributed by atoms with E-state index in [1.165, 1.54) is 5.56 Å². The summed E-state index contributed by atoms with van der Waals surface area (Å²) in [5.74, 6) is 0.744. The monoisotopic (exact) mass is 414 g/mol. The van der Waals surface area contributed by atoms with E-state index in [-0.39, 0.29) is 11.8 Å². The van der Waals surface area contributed by atoms with Crippen molar-refractivity contribution in [3.63, 3.8) is 0 Å². The first-order valence-corrected chi connectivity index (χ1v) is 10.5. The fourth-order valence-corrected chi connectivity index (χ4v) is 4.47. The Morgan fingerprint density at radius 3 is 2.42 bits per heavy atom. The van der Waals surface area contributed by atoms with Crippen molar-refractivity contribution in [3.05, 3.63) is 56.6 Å². The van der Waals surface area contributed by atoms with Gasteiger partial charge in [0.15, 0.2) is 6.35 Å². The second-order valence-electron chi connectivity index (χ2n) is 7.17. The lowest BCUT2D eigenvalue weighted by molar-refractivity contribution is 0.347. The van der Waals surface area contributed by atoms with E-state index in [2.05, 4.69) is 13.8 Å². The maximum atomic E-state index is 10.3. The fourth-order valence-electron chi connectivity index (χ4n) is 3.60. The second-order valence-corrected chi connectivity index (χ2v) is 8.99. The number of phenols is 1. The Morgan fingerprint density at radius 2 is 1.81 bits per heavy atom. The molecule has 0 radical (unpaired) electrons. The van der Waals surface area contributed by atoms with Crippen molar-refractivity contribution in [3.8, 4) is 11.5 Å². The molecule has 4 nitrogen and oxygen atoms in total. The van der Waals surface area contributed by atoms with Crippen LogP contribution in [0.2, 0.25) is 10.0 Å². The minimum atomic E-state index is -2.14. The molecule has 2 aromatic carbocycles. The largest absolute Gasteiger partial charge is 0.508 e. The van der Waals surface area contributed by atoms with E-state index in [4.69, 9.17) is 37.7 Å². The normalized spacial score (nSPS) is 15.3. The van der Waals surface area contributed by atoms with Gasteiger partial charge < -0.3 is 19.6 Å². The molecule has 0 heterocycles. The summed E-state index contributed by atoms with van der Waals surface area (Å²) >= 11 is 12.8. The highest BCUT2D eigenvalue weighted by molar-refractivity contribution is 7.44. The number of hydrogen-bond donors (Lipinski definition) is 3. The van der Waals surface area contributed by atoms with Crippen molar-refractivity contribution in [1.29, 1.82) is 0 Å². The van der Waals surface area contributed by atoms with Crippen molar-refractivity contribution >= 4 is 31.6 Å². The number of benzene rings is 2.